The van der Waals surface area contributed by atoms with Crippen LogP contribution in [0, 0.1) is 0 Å². The fourth-order valence-corrected chi connectivity index (χ4v) is 1.77. The molecule has 0 saturated heterocycles. The van der Waals surface area contributed by atoms with Gasteiger partial charge in [0.2, 0.25) is 5.78 Å². The fraction of sp³-hybridized carbons (Fsp3) is 0.182. The number of nitrogens with zero attached hydrogens (tertiary/aromatic N) is 1. The lowest BCUT2D eigenvalue weighted by Gasteiger charge is -2.01. The lowest BCUT2D eigenvalue weighted by atomic mass is 10.1. The molecule has 6 heteroatoms. The minimum absolute atomic E-state index is 0.126. The van der Waals surface area contributed by atoms with Gasteiger partial charge in [-0.15, -0.1) is 0 Å². The summed E-state index contributed by atoms with van der Waals surface area (Å²) in [6.45, 7) is 1.85. The van der Waals surface area contributed by atoms with Crippen LogP contribution < -0.4 is 5.69 Å². The second-order valence-electron chi connectivity index (χ2n) is 3.46. The second-order valence-corrected chi connectivity index (χ2v) is 3.82. The van der Waals surface area contributed by atoms with E-state index < -0.39 is 5.69 Å². The average molecular weight is 252 g/mol. The largest absolute Gasteiger partial charge is 0.323 e. The van der Waals surface area contributed by atoms with Crippen molar-refractivity contribution in [3.8, 4) is 0 Å². The van der Waals surface area contributed by atoms with Crippen LogP contribution in [0.3, 0.4) is 0 Å². The number of ketones is 1. The Bertz CT molecular complexity index is 615. The first-order valence-corrected chi connectivity index (χ1v) is 5.47. The molecule has 0 amide bonds. The van der Waals surface area contributed by atoms with Gasteiger partial charge in [0.1, 0.15) is 10.8 Å². The second kappa shape index (κ2) is 4.55. The standard InChI is InChI=1S/C11H10ClN3O2/c1-2-7-8(15-11(17)14-7)9(16)6-4-3-5-13-10(6)12/h3-5H,2H2,1H3,(H2,14,15,17). The molecule has 0 aliphatic rings. The normalized spacial score (nSPS) is 10.5. The van der Waals surface area contributed by atoms with Gasteiger partial charge in [0.25, 0.3) is 0 Å². The van der Waals surface area contributed by atoms with Crippen LogP contribution in [0.2, 0.25) is 5.15 Å². The maximum Gasteiger partial charge on any atom is 0.323 e. The summed E-state index contributed by atoms with van der Waals surface area (Å²) in [7, 11) is 0. The van der Waals surface area contributed by atoms with Crippen molar-refractivity contribution in [2.45, 2.75) is 13.3 Å². The van der Waals surface area contributed by atoms with Gasteiger partial charge in [-0.25, -0.2) is 9.78 Å². The number of H-pyrrole nitrogens is 2. The molecule has 88 valence electrons. The van der Waals surface area contributed by atoms with Crippen LogP contribution in [-0.2, 0) is 6.42 Å². The van der Waals surface area contributed by atoms with Crippen molar-refractivity contribution in [2.75, 3.05) is 0 Å². The van der Waals surface area contributed by atoms with E-state index in [2.05, 4.69) is 15.0 Å². The van der Waals surface area contributed by atoms with Gasteiger partial charge in [0.15, 0.2) is 0 Å². The number of nitrogens with one attached hydrogen (secondary N) is 2. The summed E-state index contributed by atoms with van der Waals surface area (Å²) in [5.41, 5.74) is 0.691. The number of carbonyl (C=O) groups is 1. The van der Waals surface area contributed by atoms with E-state index in [0.29, 0.717) is 12.1 Å². The molecule has 0 radical (unpaired) electrons. The lowest BCUT2D eigenvalue weighted by molar-refractivity contribution is 0.103. The summed E-state index contributed by atoms with van der Waals surface area (Å²) in [6.07, 6.45) is 2.05. The first-order valence-electron chi connectivity index (χ1n) is 5.10. The summed E-state index contributed by atoms with van der Waals surface area (Å²) >= 11 is 5.84. The first-order chi connectivity index (χ1) is 8.13. The molecule has 17 heavy (non-hydrogen) atoms. The minimum atomic E-state index is -0.398. The summed E-state index contributed by atoms with van der Waals surface area (Å²) in [5, 5.41) is 0.126. The zero-order chi connectivity index (χ0) is 12.4. The lowest BCUT2D eigenvalue weighted by Crippen LogP contribution is -2.08. The Morgan fingerprint density at radius 1 is 1.47 bits per heavy atom. The van der Waals surface area contributed by atoms with Crippen molar-refractivity contribution in [3.05, 3.63) is 50.9 Å². The predicted octanol–water partition coefficient (Wildman–Crippen LogP) is 1.54. The molecule has 2 N–H and O–H groups in total. The molecule has 0 unspecified atom stereocenters. The Balaban J connectivity index is 2.51. The van der Waals surface area contributed by atoms with Crippen molar-refractivity contribution < 1.29 is 4.79 Å². The van der Waals surface area contributed by atoms with E-state index in [0.717, 1.165) is 0 Å². The van der Waals surface area contributed by atoms with E-state index in [-0.39, 0.29) is 22.2 Å². The molecular weight excluding hydrogens is 242 g/mol. The number of carbonyl (C=O) groups excluding carboxylic acids is 1. The Morgan fingerprint density at radius 2 is 2.24 bits per heavy atom. The quantitative estimate of drug-likeness (QED) is 0.642. The smallest absolute Gasteiger partial charge is 0.309 e. The molecule has 0 atom stereocenters. The molecule has 5 nitrogen and oxygen atoms in total. The number of aromatic amines is 2. The van der Waals surface area contributed by atoms with E-state index >= 15 is 0 Å². The average Bonchev–Trinajstić information content (AvgIpc) is 2.70. The molecule has 0 aliphatic heterocycles. The highest BCUT2D eigenvalue weighted by atomic mass is 35.5. The number of pyridine rings is 1. The van der Waals surface area contributed by atoms with E-state index in [4.69, 9.17) is 11.6 Å². The predicted molar refractivity (Wildman–Crippen MR) is 63.5 cm³/mol. The Morgan fingerprint density at radius 3 is 2.88 bits per heavy atom. The van der Waals surface area contributed by atoms with Crippen molar-refractivity contribution >= 4 is 17.4 Å². The van der Waals surface area contributed by atoms with Crippen molar-refractivity contribution in [3.63, 3.8) is 0 Å². The van der Waals surface area contributed by atoms with Crippen LogP contribution >= 0.6 is 11.6 Å². The summed E-state index contributed by atoms with van der Waals surface area (Å²) in [4.78, 5) is 32.2. The summed E-state index contributed by atoms with van der Waals surface area (Å²) in [5.74, 6) is -0.335. The Kier molecular flexibility index (Phi) is 3.10. The topological polar surface area (TPSA) is 78.6 Å². The third-order valence-corrected chi connectivity index (χ3v) is 2.69. The van der Waals surface area contributed by atoms with Crippen molar-refractivity contribution in [1.82, 2.24) is 15.0 Å². The van der Waals surface area contributed by atoms with Gasteiger partial charge in [-0.1, -0.05) is 18.5 Å². The zero-order valence-electron chi connectivity index (χ0n) is 9.08. The molecule has 0 spiro atoms. The monoisotopic (exact) mass is 251 g/mol. The number of aryl methyl sites for hydroxylation is 1. The van der Waals surface area contributed by atoms with Crippen LogP contribution in [-0.4, -0.2) is 20.7 Å². The van der Waals surface area contributed by atoms with E-state index in [9.17, 15) is 9.59 Å². The van der Waals surface area contributed by atoms with Gasteiger partial charge in [-0.05, 0) is 18.6 Å². The molecule has 0 fully saturated rings. The van der Waals surface area contributed by atoms with E-state index in [1.807, 2.05) is 6.92 Å². The Labute approximate surface area is 102 Å². The Hall–Kier alpha value is -1.88. The van der Waals surface area contributed by atoms with Gasteiger partial charge >= 0.3 is 5.69 Å². The van der Waals surface area contributed by atoms with Crippen LogP contribution in [0.15, 0.2) is 23.1 Å². The van der Waals surface area contributed by atoms with E-state index in [1.54, 1.807) is 12.1 Å². The van der Waals surface area contributed by atoms with Crippen LogP contribution in [0.1, 0.15) is 28.7 Å². The van der Waals surface area contributed by atoms with Crippen molar-refractivity contribution in [1.29, 1.82) is 0 Å². The zero-order valence-corrected chi connectivity index (χ0v) is 9.84. The van der Waals surface area contributed by atoms with Gasteiger partial charge in [0, 0.05) is 11.9 Å². The molecule has 2 aromatic rings. The molecule has 2 rings (SSSR count). The molecule has 2 heterocycles. The number of hydrogen-bond acceptors (Lipinski definition) is 3. The van der Waals surface area contributed by atoms with Crippen LogP contribution in [0.5, 0.6) is 0 Å². The number of halogens is 1. The van der Waals surface area contributed by atoms with Crippen LogP contribution in [0.25, 0.3) is 0 Å². The maximum atomic E-state index is 12.1. The van der Waals surface area contributed by atoms with Crippen molar-refractivity contribution in [2.24, 2.45) is 0 Å². The molecule has 2 aromatic heterocycles. The SMILES string of the molecule is CCc1[nH]c(=O)[nH]c1C(=O)c1cccnc1Cl. The maximum absolute atomic E-state index is 12.1. The number of hydrogen-bond donors (Lipinski definition) is 2. The number of aromatic nitrogens is 3. The van der Waals surface area contributed by atoms with Gasteiger partial charge in [-0.3, -0.25) is 4.79 Å². The minimum Gasteiger partial charge on any atom is -0.309 e. The molecular formula is C11H10ClN3O2. The third-order valence-electron chi connectivity index (χ3n) is 2.39. The first kappa shape index (κ1) is 11.6. The number of imidazole rings is 1. The van der Waals surface area contributed by atoms with E-state index in [1.165, 1.54) is 6.20 Å². The number of rotatable bonds is 3. The van der Waals surface area contributed by atoms with Gasteiger partial charge < -0.3 is 9.97 Å². The molecule has 0 aromatic carbocycles. The highest BCUT2D eigenvalue weighted by Crippen LogP contribution is 2.16. The van der Waals surface area contributed by atoms with Gasteiger partial charge in [0.05, 0.1) is 5.56 Å². The molecule has 0 aliphatic carbocycles. The van der Waals surface area contributed by atoms with Gasteiger partial charge in [-0.2, -0.15) is 0 Å². The van der Waals surface area contributed by atoms with Crippen LogP contribution in [0.4, 0.5) is 0 Å². The summed E-state index contributed by atoms with van der Waals surface area (Å²) < 4.78 is 0. The fourth-order valence-electron chi connectivity index (χ4n) is 1.57. The molecule has 0 bridgehead atoms. The highest BCUT2D eigenvalue weighted by Gasteiger charge is 2.18. The molecule has 0 saturated carbocycles. The summed E-state index contributed by atoms with van der Waals surface area (Å²) in [6, 6.07) is 3.19. The third kappa shape index (κ3) is 2.14. The highest BCUT2D eigenvalue weighted by molar-refractivity contribution is 6.33.